The minimum atomic E-state index is 0.381. The Morgan fingerprint density at radius 3 is 2.43 bits per heavy atom. The highest BCUT2D eigenvalue weighted by Crippen LogP contribution is 2.22. The molecule has 1 aliphatic heterocycles. The van der Waals surface area contributed by atoms with Crippen LogP contribution in [0.25, 0.3) is 0 Å². The number of rotatable bonds is 8. The molecule has 0 spiro atoms. The maximum Gasteiger partial charge on any atom is 0.118 e. The van der Waals surface area contributed by atoms with Crippen LogP contribution >= 0.6 is 0 Å². The summed E-state index contributed by atoms with van der Waals surface area (Å²) < 4.78 is 5.25. The van der Waals surface area contributed by atoms with Crippen LogP contribution in [0.1, 0.15) is 18.5 Å². The Hall–Kier alpha value is -1.36. The van der Waals surface area contributed by atoms with Gasteiger partial charge in [0.05, 0.1) is 7.11 Å². The van der Waals surface area contributed by atoms with Gasteiger partial charge in [-0.3, -0.25) is 9.80 Å². The van der Waals surface area contributed by atoms with Crippen molar-refractivity contribution in [3.05, 3.63) is 42.5 Å². The van der Waals surface area contributed by atoms with Crippen molar-refractivity contribution >= 4 is 0 Å². The number of piperazine rings is 1. The topological polar surface area (TPSA) is 19.0 Å². The van der Waals surface area contributed by atoms with E-state index in [2.05, 4.69) is 47.4 Å². The van der Waals surface area contributed by atoms with Crippen molar-refractivity contribution in [2.24, 2.45) is 0 Å². The summed E-state index contributed by atoms with van der Waals surface area (Å²) in [5, 5.41) is 0. The van der Waals surface area contributed by atoms with Crippen LogP contribution in [-0.2, 0) is 0 Å². The second-order valence-electron chi connectivity index (χ2n) is 6.38. The fourth-order valence-corrected chi connectivity index (χ4v) is 3.04. The van der Waals surface area contributed by atoms with E-state index in [-0.39, 0.29) is 0 Å². The first-order valence-electron chi connectivity index (χ1n) is 8.54. The molecule has 0 unspecified atom stereocenters. The van der Waals surface area contributed by atoms with Crippen molar-refractivity contribution < 1.29 is 4.74 Å². The molecule has 0 N–H and O–H groups in total. The van der Waals surface area contributed by atoms with Gasteiger partial charge in [0, 0.05) is 51.9 Å². The highest BCUT2D eigenvalue weighted by atomic mass is 16.5. The van der Waals surface area contributed by atoms with Gasteiger partial charge in [0.2, 0.25) is 0 Å². The lowest BCUT2D eigenvalue weighted by atomic mass is 10.1. The zero-order chi connectivity index (χ0) is 16.7. The molecule has 1 atom stereocenters. The van der Waals surface area contributed by atoms with E-state index in [4.69, 9.17) is 4.74 Å². The number of ether oxygens (including phenoxy) is 1. The van der Waals surface area contributed by atoms with Crippen LogP contribution in [0, 0.1) is 0 Å². The van der Waals surface area contributed by atoms with Gasteiger partial charge < -0.3 is 9.64 Å². The average Bonchev–Trinajstić information content (AvgIpc) is 2.59. The van der Waals surface area contributed by atoms with Crippen molar-refractivity contribution in [3.8, 4) is 5.75 Å². The predicted molar refractivity (Wildman–Crippen MR) is 97.1 cm³/mol. The molecule has 128 valence electrons. The van der Waals surface area contributed by atoms with Gasteiger partial charge in [0.15, 0.2) is 0 Å². The van der Waals surface area contributed by atoms with Crippen molar-refractivity contribution in [1.29, 1.82) is 0 Å². The van der Waals surface area contributed by atoms with Crippen molar-refractivity contribution in [2.45, 2.75) is 13.0 Å². The first-order valence-corrected chi connectivity index (χ1v) is 8.54. The summed E-state index contributed by atoms with van der Waals surface area (Å²) in [5.74, 6) is 0.911. The van der Waals surface area contributed by atoms with Gasteiger partial charge in [0.25, 0.3) is 0 Å². The number of likely N-dealkylation sites (N-methyl/N-ethyl adjacent to an activating group) is 1. The molecular formula is C19H31N3O. The normalized spacial score (nSPS) is 18.1. The Balaban J connectivity index is 1.91. The molecule has 0 radical (unpaired) electrons. The molecule has 1 fully saturated rings. The molecule has 0 aromatic heterocycles. The van der Waals surface area contributed by atoms with Crippen LogP contribution in [0.2, 0.25) is 0 Å². The van der Waals surface area contributed by atoms with E-state index in [0.29, 0.717) is 6.04 Å². The molecule has 1 saturated heterocycles. The monoisotopic (exact) mass is 317 g/mol. The number of methoxy groups -OCH3 is 1. The van der Waals surface area contributed by atoms with Crippen LogP contribution in [0.5, 0.6) is 5.75 Å². The van der Waals surface area contributed by atoms with Gasteiger partial charge in [-0.2, -0.15) is 0 Å². The highest BCUT2D eigenvalue weighted by Gasteiger charge is 2.18. The van der Waals surface area contributed by atoms with Gasteiger partial charge in [-0.1, -0.05) is 18.2 Å². The molecule has 0 saturated carbocycles. The lowest BCUT2D eigenvalue weighted by molar-refractivity contribution is 0.127. The van der Waals surface area contributed by atoms with Crippen molar-refractivity contribution in [2.75, 3.05) is 60.0 Å². The molecule has 23 heavy (non-hydrogen) atoms. The summed E-state index contributed by atoms with van der Waals surface area (Å²) in [4.78, 5) is 7.46. The fraction of sp³-hybridized carbons (Fsp3) is 0.579. The van der Waals surface area contributed by atoms with Gasteiger partial charge in [-0.05, 0) is 31.7 Å². The number of nitrogens with zero attached hydrogens (tertiary/aromatic N) is 3. The minimum Gasteiger partial charge on any atom is -0.497 e. The lowest BCUT2D eigenvalue weighted by Crippen LogP contribution is -2.47. The van der Waals surface area contributed by atoms with Crippen molar-refractivity contribution in [1.82, 2.24) is 14.7 Å². The molecule has 0 bridgehead atoms. The number of benzene rings is 1. The average molecular weight is 317 g/mol. The molecule has 1 aromatic carbocycles. The number of hydrogen-bond acceptors (Lipinski definition) is 4. The van der Waals surface area contributed by atoms with Gasteiger partial charge in [0.1, 0.15) is 5.75 Å². The molecule has 4 heteroatoms. The summed E-state index contributed by atoms with van der Waals surface area (Å²) in [6, 6.07) is 8.79. The molecular weight excluding hydrogens is 286 g/mol. The second kappa shape index (κ2) is 9.06. The van der Waals surface area contributed by atoms with Crippen LogP contribution in [0.15, 0.2) is 36.9 Å². The smallest absolute Gasteiger partial charge is 0.118 e. The van der Waals surface area contributed by atoms with E-state index in [9.17, 15) is 0 Å². The first-order chi connectivity index (χ1) is 11.1. The third-order valence-electron chi connectivity index (χ3n) is 4.81. The quantitative estimate of drug-likeness (QED) is 0.686. The number of hydrogen-bond donors (Lipinski definition) is 0. The Morgan fingerprint density at radius 1 is 1.22 bits per heavy atom. The summed E-state index contributed by atoms with van der Waals surface area (Å²) in [6.45, 7) is 14.0. The highest BCUT2D eigenvalue weighted by molar-refractivity contribution is 5.28. The summed E-state index contributed by atoms with van der Waals surface area (Å²) >= 11 is 0. The van der Waals surface area contributed by atoms with Crippen LogP contribution in [-0.4, -0.2) is 74.7 Å². The van der Waals surface area contributed by atoms with E-state index in [0.717, 1.165) is 25.4 Å². The first kappa shape index (κ1) is 18.0. The molecule has 1 aliphatic rings. The van der Waals surface area contributed by atoms with Gasteiger partial charge >= 0.3 is 0 Å². The zero-order valence-electron chi connectivity index (χ0n) is 14.9. The zero-order valence-corrected chi connectivity index (χ0v) is 14.9. The van der Waals surface area contributed by atoms with Crippen LogP contribution in [0.3, 0.4) is 0 Å². The van der Waals surface area contributed by atoms with E-state index in [1.807, 2.05) is 18.2 Å². The maximum atomic E-state index is 5.25. The van der Waals surface area contributed by atoms with E-state index < -0.39 is 0 Å². The Labute approximate surface area is 141 Å². The third kappa shape index (κ3) is 5.34. The standard InChI is InChI=1S/C19H31N3O/c1-5-10-22(16-15-21-13-11-20(3)12-14-21)17(2)18-6-8-19(23-4)9-7-18/h5-9,17H,1,10-16H2,2-4H3/t17-/m1/s1. The molecule has 1 heterocycles. The second-order valence-corrected chi connectivity index (χ2v) is 6.38. The van der Waals surface area contributed by atoms with Gasteiger partial charge in [-0.25, -0.2) is 0 Å². The Kier molecular flexibility index (Phi) is 7.09. The molecule has 0 amide bonds. The summed E-state index contributed by atoms with van der Waals surface area (Å²) in [6.07, 6.45) is 2.00. The van der Waals surface area contributed by atoms with E-state index in [1.54, 1.807) is 7.11 Å². The largest absolute Gasteiger partial charge is 0.497 e. The molecule has 2 rings (SSSR count). The minimum absolute atomic E-state index is 0.381. The van der Waals surface area contributed by atoms with E-state index >= 15 is 0 Å². The lowest BCUT2D eigenvalue weighted by Gasteiger charge is -2.35. The SMILES string of the molecule is C=CCN(CCN1CCN(C)CC1)[C@H](C)c1ccc(OC)cc1. The third-order valence-corrected chi connectivity index (χ3v) is 4.81. The van der Waals surface area contributed by atoms with Crippen LogP contribution in [0.4, 0.5) is 0 Å². The molecule has 4 nitrogen and oxygen atoms in total. The Bertz CT molecular complexity index is 466. The summed E-state index contributed by atoms with van der Waals surface area (Å²) in [5.41, 5.74) is 1.33. The summed E-state index contributed by atoms with van der Waals surface area (Å²) in [7, 11) is 3.91. The maximum absolute atomic E-state index is 5.25. The Morgan fingerprint density at radius 2 is 1.87 bits per heavy atom. The molecule has 1 aromatic rings. The predicted octanol–water partition coefficient (Wildman–Crippen LogP) is 2.49. The van der Waals surface area contributed by atoms with Crippen LogP contribution < -0.4 is 4.74 Å². The van der Waals surface area contributed by atoms with Crippen molar-refractivity contribution in [3.63, 3.8) is 0 Å². The van der Waals surface area contributed by atoms with E-state index in [1.165, 1.54) is 31.7 Å². The molecule has 0 aliphatic carbocycles. The fourth-order valence-electron chi connectivity index (χ4n) is 3.04. The van der Waals surface area contributed by atoms with Gasteiger partial charge in [-0.15, -0.1) is 6.58 Å².